The van der Waals surface area contributed by atoms with Crippen LogP contribution in [0.1, 0.15) is 12.8 Å². The van der Waals surface area contributed by atoms with E-state index in [1.54, 1.807) is 23.6 Å². The van der Waals surface area contributed by atoms with Crippen molar-refractivity contribution in [3.8, 4) is 10.7 Å². The number of hydrogen-bond acceptors (Lipinski definition) is 5. The summed E-state index contributed by atoms with van der Waals surface area (Å²) in [6.07, 6.45) is 3.65. The van der Waals surface area contributed by atoms with Crippen LogP contribution in [-0.4, -0.2) is 33.9 Å². The maximum Gasteiger partial charge on any atom is 0.228 e. The molecule has 0 radical (unpaired) electrons. The smallest absolute Gasteiger partial charge is 0.228 e. The molecule has 1 aliphatic rings. The summed E-state index contributed by atoms with van der Waals surface area (Å²) in [7, 11) is 0. The number of aromatic nitrogens is 3. The summed E-state index contributed by atoms with van der Waals surface area (Å²) in [6.45, 7) is 1.73. The quantitative estimate of drug-likeness (QED) is 0.690. The second kappa shape index (κ2) is 6.10. The van der Waals surface area contributed by atoms with Crippen LogP contribution in [0.3, 0.4) is 0 Å². The molecule has 1 atom stereocenters. The van der Waals surface area contributed by atoms with Crippen LogP contribution in [0.4, 0.5) is 5.69 Å². The minimum absolute atomic E-state index is 0.0164. The third-order valence-electron chi connectivity index (χ3n) is 4.06. The van der Waals surface area contributed by atoms with Crippen molar-refractivity contribution in [3.63, 3.8) is 0 Å². The van der Waals surface area contributed by atoms with Crippen LogP contribution >= 0.6 is 11.3 Å². The Morgan fingerprint density at radius 2 is 2.35 bits per heavy atom. The number of hydrogen-bond donors (Lipinski definition) is 3. The SMILES string of the molecule is O=C(Nc1ccnc2[nH]c(-c3cccs3)nc12)C1CCCNC1. The predicted molar refractivity (Wildman–Crippen MR) is 91.4 cm³/mol. The number of aromatic amines is 1. The fraction of sp³-hybridized carbons (Fsp3) is 0.312. The van der Waals surface area contributed by atoms with Crippen molar-refractivity contribution in [1.29, 1.82) is 0 Å². The van der Waals surface area contributed by atoms with Gasteiger partial charge in [0.25, 0.3) is 0 Å². The van der Waals surface area contributed by atoms with Crippen LogP contribution < -0.4 is 10.6 Å². The molecule has 4 heterocycles. The molecular formula is C16H17N5OS. The van der Waals surface area contributed by atoms with E-state index < -0.39 is 0 Å². The van der Waals surface area contributed by atoms with Crippen molar-refractivity contribution >= 4 is 34.1 Å². The fourth-order valence-electron chi connectivity index (χ4n) is 2.85. The molecule has 4 rings (SSSR count). The van der Waals surface area contributed by atoms with Gasteiger partial charge in [-0.15, -0.1) is 11.3 Å². The Hall–Kier alpha value is -2.25. The summed E-state index contributed by atoms with van der Waals surface area (Å²) in [5, 5.41) is 8.29. The molecule has 1 amide bonds. The third-order valence-corrected chi connectivity index (χ3v) is 4.94. The molecule has 1 unspecified atom stereocenters. The van der Waals surface area contributed by atoms with E-state index in [-0.39, 0.29) is 11.8 Å². The van der Waals surface area contributed by atoms with Gasteiger partial charge in [-0.1, -0.05) is 6.07 Å². The second-order valence-electron chi connectivity index (χ2n) is 5.65. The van der Waals surface area contributed by atoms with Gasteiger partial charge in [-0.25, -0.2) is 9.97 Å². The van der Waals surface area contributed by atoms with Crippen molar-refractivity contribution < 1.29 is 4.79 Å². The number of pyridine rings is 1. The van der Waals surface area contributed by atoms with Crippen LogP contribution in [0.5, 0.6) is 0 Å². The first-order valence-corrected chi connectivity index (χ1v) is 8.59. The van der Waals surface area contributed by atoms with Crippen LogP contribution in [0.25, 0.3) is 21.9 Å². The van der Waals surface area contributed by atoms with Crippen molar-refractivity contribution in [2.24, 2.45) is 5.92 Å². The van der Waals surface area contributed by atoms with Crippen LogP contribution in [0.15, 0.2) is 29.8 Å². The Morgan fingerprint density at radius 1 is 1.39 bits per heavy atom. The van der Waals surface area contributed by atoms with Crippen molar-refractivity contribution in [3.05, 3.63) is 29.8 Å². The largest absolute Gasteiger partial charge is 0.324 e. The lowest BCUT2D eigenvalue weighted by atomic mass is 9.99. The van der Waals surface area contributed by atoms with Gasteiger partial charge in [0, 0.05) is 12.7 Å². The van der Waals surface area contributed by atoms with Gasteiger partial charge in [-0.3, -0.25) is 4.79 Å². The molecule has 1 fully saturated rings. The summed E-state index contributed by atoms with van der Waals surface area (Å²) in [5.74, 6) is 0.844. The van der Waals surface area contributed by atoms with Gasteiger partial charge in [-0.2, -0.15) is 0 Å². The number of anilines is 1. The molecule has 7 heteroatoms. The summed E-state index contributed by atoms with van der Waals surface area (Å²) in [6, 6.07) is 5.79. The molecule has 1 saturated heterocycles. The molecule has 3 N–H and O–H groups in total. The molecule has 0 saturated carbocycles. The number of piperidine rings is 1. The van der Waals surface area contributed by atoms with Crippen LogP contribution in [0.2, 0.25) is 0 Å². The fourth-order valence-corrected chi connectivity index (χ4v) is 3.52. The van der Waals surface area contributed by atoms with E-state index in [9.17, 15) is 4.79 Å². The third kappa shape index (κ3) is 2.85. The highest BCUT2D eigenvalue weighted by molar-refractivity contribution is 7.13. The maximum absolute atomic E-state index is 12.4. The zero-order valence-corrected chi connectivity index (χ0v) is 13.3. The number of nitrogens with one attached hydrogen (secondary N) is 3. The van der Waals surface area contributed by atoms with E-state index in [2.05, 4.69) is 25.6 Å². The molecule has 0 aromatic carbocycles. The van der Waals surface area contributed by atoms with Gasteiger partial charge < -0.3 is 15.6 Å². The van der Waals surface area contributed by atoms with Gasteiger partial charge in [0.05, 0.1) is 16.5 Å². The number of thiophene rings is 1. The van der Waals surface area contributed by atoms with Crippen molar-refractivity contribution in [2.45, 2.75) is 12.8 Å². The molecule has 3 aromatic heterocycles. The van der Waals surface area contributed by atoms with Gasteiger partial charge in [-0.05, 0) is 36.9 Å². The molecular weight excluding hydrogens is 310 g/mol. The number of amides is 1. The number of nitrogens with zero attached hydrogens (tertiary/aromatic N) is 2. The van der Waals surface area contributed by atoms with E-state index in [4.69, 9.17) is 0 Å². The van der Waals surface area contributed by atoms with E-state index in [1.165, 1.54) is 0 Å². The van der Waals surface area contributed by atoms with Crippen LogP contribution in [0, 0.1) is 5.92 Å². The average Bonchev–Trinajstić information content (AvgIpc) is 3.25. The van der Waals surface area contributed by atoms with Gasteiger partial charge >= 0.3 is 0 Å². The highest BCUT2D eigenvalue weighted by atomic mass is 32.1. The zero-order chi connectivity index (χ0) is 15.6. The number of imidazole rings is 1. The Balaban J connectivity index is 1.63. The lowest BCUT2D eigenvalue weighted by molar-refractivity contribution is -0.120. The number of rotatable bonds is 3. The summed E-state index contributed by atoms with van der Waals surface area (Å²) < 4.78 is 0. The molecule has 1 aliphatic heterocycles. The Labute approximate surface area is 137 Å². The topological polar surface area (TPSA) is 82.7 Å². The van der Waals surface area contributed by atoms with Gasteiger partial charge in [0.2, 0.25) is 5.91 Å². The normalized spacial score (nSPS) is 18.2. The van der Waals surface area contributed by atoms with E-state index in [0.717, 1.165) is 36.6 Å². The Bertz CT molecular complexity index is 820. The molecule has 3 aromatic rings. The Morgan fingerprint density at radius 3 is 3.13 bits per heavy atom. The minimum atomic E-state index is 0.0164. The highest BCUT2D eigenvalue weighted by Gasteiger charge is 2.22. The molecule has 0 bridgehead atoms. The molecule has 6 nitrogen and oxygen atoms in total. The molecule has 0 spiro atoms. The van der Waals surface area contributed by atoms with Gasteiger partial charge in [0.1, 0.15) is 11.3 Å². The molecule has 0 aliphatic carbocycles. The van der Waals surface area contributed by atoms with E-state index in [0.29, 0.717) is 16.9 Å². The summed E-state index contributed by atoms with van der Waals surface area (Å²) in [5.41, 5.74) is 2.10. The van der Waals surface area contributed by atoms with Gasteiger partial charge in [0.15, 0.2) is 5.65 Å². The standard InChI is InChI=1S/C16H17N5OS/c22-16(10-3-1-6-17-9-10)19-11-5-7-18-15-13(11)20-14(21-15)12-4-2-8-23-12/h2,4-5,7-8,10,17H,1,3,6,9H2,(H2,18,19,20,21,22). The predicted octanol–water partition coefficient (Wildman–Crippen LogP) is 2.62. The van der Waals surface area contributed by atoms with E-state index >= 15 is 0 Å². The summed E-state index contributed by atoms with van der Waals surface area (Å²) in [4.78, 5) is 25.6. The van der Waals surface area contributed by atoms with Crippen LogP contribution in [-0.2, 0) is 4.79 Å². The van der Waals surface area contributed by atoms with Crippen molar-refractivity contribution in [1.82, 2.24) is 20.3 Å². The zero-order valence-electron chi connectivity index (χ0n) is 12.5. The second-order valence-corrected chi connectivity index (χ2v) is 6.60. The molecule has 23 heavy (non-hydrogen) atoms. The number of carbonyl (C=O) groups is 1. The lowest BCUT2D eigenvalue weighted by Crippen LogP contribution is -2.37. The Kier molecular flexibility index (Phi) is 3.80. The average molecular weight is 327 g/mol. The first kappa shape index (κ1) is 14.3. The van der Waals surface area contributed by atoms with Crippen molar-refractivity contribution in [2.75, 3.05) is 18.4 Å². The summed E-state index contributed by atoms with van der Waals surface area (Å²) >= 11 is 1.62. The number of H-pyrrole nitrogens is 1. The monoisotopic (exact) mass is 327 g/mol. The minimum Gasteiger partial charge on any atom is -0.324 e. The lowest BCUT2D eigenvalue weighted by Gasteiger charge is -2.21. The maximum atomic E-state index is 12.4. The van der Waals surface area contributed by atoms with E-state index in [1.807, 2.05) is 17.5 Å². The highest BCUT2D eigenvalue weighted by Crippen LogP contribution is 2.27. The number of fused-ring (bicyclic) bond motifs is 1. The molecule has 118 valence electrons. The first-order chi connectivity index (χ1) is 11.3. The number of carbonyl (C=O) groups excluding carboxylic acids is 1. The first-order valence-electron chi connectivity index (χ1n) is 7.71.